The fraction of sp³-hybridized carbons (Fsp3) is 0.300. The van der Waals surface area contributed by atoms with Crippen LogP contribution >= 0.6 is 27.3 Å². The summed E-state index contributed by atoms with van der Waals surface area (Å²) >= 11 is 4.89. The number of hydrogen-bond acceptors (Lipinski definition) is 3. The van der Waals surface area contributed by atoms with E-state index in [1.807, 2.05) is 18.2 Å². The van der Waals surface area contributed by atoms with Crippen molar-refractivity contribution in [3.8, 4) is 5.75 Å². The molecule has 0 radical (unpaired) electrons. The highest BCUT2D eigenvalue weighted by molar-refractivity contribution is 9.11. The molecule has 0 aliphatic heterocycles. The summed E-state index contributed by atoms with van der Waals surface area (Å²) in [5.41, 5.74) is 0.949. The zero-order valence-corrected chi connectivity index (χ0v) is 10.3. The number of rotatable bonds is 4. The van der Waals surface area contributed by atoms with Crippen LogP contribution < -0.4 is 4.74 Å². The van der Waals surface area contributed by atoms with E-state index in [-0.39, 0.29) is 6.67 Å². The summed E-state index contributed by atoms with van der Waals surface area (Å²) in [5, 5.41) is 0. The molecule has 80 valence electrons. The van der Waals surface area contributed by atoms with Gasteiger partial charge in [0.25, 0.3) is 0 Å². The third-order valence-electron chi connectivity index (χ3n) is 1.88. The maximum atomic E-state index is 11.9. The van der Waals surface area contributed by atoms with E-state index in [9.17, 15) is 4.39 Å². The van der Waals surface area contributed by atoms with E-state index in [0.29, 0.717) is 13.0 Å². The molecule has 2 nitrogen and oxygen atoms in total. The topological polar surface area (TPSA) is 22.1 Å². The molecule has 0 fully saturated rings. The van der Waals surface area contributed by atoms with Gasteiger partial charge in [0.05, 0.1) is 23.5 Å². The van der Waals surface area contributed by atoms with Crippen LogP contribution in [0.1, 0.15) is 6.42 Å². The Bertz CT molecular complexity index is 460. The van der Waals surface area contributed by atoms with Crippen LogP contribution in [-0.4, -0.2) is 18.3 Å². The average Bonchev–Trinajstić information content (AvgIpc) is 2.57. The van der Waals surface area contributed by atoms with E-state index in [4.69, 9.17) is 4.74 Å². The van der Waals surface area contributed by atoms with Gasteiger partial charge in [-0.15, -0.1) is 11.3 Å². The van der Waals surface area contributed by atoms with E-state index >= 15 is 0 Å². The molecule has 0 N–H and O–H groups in total. The van der Waals surface area contributed by atoms with Gasteiger partial charge < -0.3 is 4.74 Å². The molecule has 0 unspecified atom stereocenters. The minimum atomic E-state index is -0.339. The molecule has 15 heavy (non-hydrogen) atoms. The fourth-order valence-corrected chi connectivity index (χ4v) is 2.64. The van der Waals surface area contributed by atoms with E-state index in [0.717, 1.165) is 19.9 Å². The summed E-state index contributed by atoms with van der Waals surface area (Å²) < 4.78 is 19.2. The number of halogens is 2. The highest BCUT2D eigenvalue weighted by atomic mass is 79.9. The van der Waals surface area contributed by atoms with Crippen molar-refractivity contribution in [3.05, 3.63) is 22.1 Å². The van der Waals surface area contributed by atoms with Crippen LogP contribution in [0.15, 0.2) is 22.1 Å². The summed E-state index contributed by atoms with van der Waals surface area (Å²) in [6, 6.07) is 5.68. The van der Waals surface area contributed by atoms with E-state index in [1.54, 1.807) is 11.3 Å². The zero-order valence-electron chi connectivity index (χ0n) is 7.87. The Kier molecular flexibility index (Phi) is 3.53. The molecule has 1 aromatic heterocycles. The molecule has 0 aliphatic rings. The van der Waals surface area contributed by atoms with E-state index in [1.165, 1.54) is 0 Å². The van der Waals surface area contributed by atoms with Crippen molar-refractivity contribution in [3.63, 3.8) is 0 Å². The van der Waals surface area contributed by atoms with Crippen molar-refractivity contribution in [1.82, 2.24) is 4.98 Å². The summed E-state index contributed by atoms with van der Waals surface area (Å²) in [5.74, 6) is 0.770. The summed E-state index contributed by atoms with van der Waals surface area (Å²) in [6.45, 7) is 0.0797. The summed E-state index contributed by atoms with van der Waals surface area (Å²) in [7, 11) is 0. The maximum absolute atomic E-state index is 11.9. The molecule has 1 heterocycles. The van der Waals surface area contributed by atoms with Gasteiger partial charge in [-0.3, -0.25) is 4.39 Å². The zero-order chi connectivity index (χ0) is 10.7. The molecule has 0 spiro atoms. The van der Waals surface area contributed by atoms with Crippen molar-refractivity contribution in [1.29, 1.82) is 0 Å². The lowest BCUT2D eigenvalue weighted by Crippen LogP contribution is -1.97. The van der Waals surface area contributed by atoms with Gasteiger partial charge in [-0.1, -0.05) is 0 Å². The predicted octanol–water partition coefficient (Wildman–Crippen LogP) is 3.80. The largest absolute Gasteiger partial charge is 0.493 e. The standard InChI is InChI=1S/C10H9BrFNOS/c11-10-13-8-3-2-7(6-9(8)15-10)14-5-1-4-12/h2-3,6H,1,4-5H2. The first-order chi connectivity index (χ1) is 7.29. The van der Waals surface area contributed by atoms with Crippen LogP contribution in [0.25, 0.3) is 10.2 Å². The van der Waals surface area contributed by atoms with E-state index in [2.05, 4.69) is 20.9 Å². The lowest BCUT2D eigenvalue weighted by atomic mass is 10.3. The van der Waals surface area contributed by atoms with Gasteiger partial charge in [0.1, 0.15) is 5.75 Å². The lowest BCUT2D eigenvalue weighted by Gasteiger charge is -2.03. The number of ether oxygens (including phenoxy) is 1. The Morgan fingerprint density at radius 2 is 2.33 bits per heavy atom. The second-order valence-electron chi connectivity index (χ2n) is 2.99. The molecule has 0 saturated carbocycles. The minimum Gasteiger partial charge on any atom is -0.493 e. The summed E-state index contributed by atoms with van der Waals surface area (Å²) in [4.78, 5) is 4.27. The van der Waals surface area contributed by atoms with Crippen LogP contribution in [-0.2, 0) is 0 Å². The van der Waals surface area contributed by atoms with Crippen LogP contribution in [0.3, 0.4) is 0 Å². The first-order valence-electron chi connectivity index (χ1n) is 4.54. The smallest absolute Gasteiger partial charge is 0.160 e. The van der Waals surface area contributed by atoms with Crippen molar-refractivity contribution in [2.75, 3.05) is 13.3 Å². The normalized spacial score (nSPS) is 10.8. The lowest BCUT2D eigenvalue weighted by molar-refractivity contribution is 0.290. The van der Waals surface area contributed by atoms with E-state index < -0.39 is 0 Å². The molecular formula is C10H9BrFNOS. The third-order valence-corrected chi connectivity index (χ3v) is 3.35. The van der Waals surface area contributed by atoms with Crippen molar-refractivity contribution in [2.24, 2.45) is 0 Å². The maximum Gasteiger partial charge on any atom is 0.160 e. The van der Waals surface area contributed by atoms with Gasteiger partial charge in [-0.05, 0) is 34.1 Å². The molecule has 0 saturated heterocycles. The minimum absolute atomic E-state index is 0.339. The first kappa shape index (κ1) is 10.8. The molecule has 1 aromatic carbocycles. The number of nitrogens with zero attached hydrogens (tertiary/aromatic N) is 1. The van der Waals surface area contributed by atoms with Crippen LogP contribution in [0, 0.1) is 0 Å². The Morgan fingerprint density at radius 3 is 3.13 bits per heavy atom. The molecule has 5 heteroatoms. The van der Waals surface area contributed by atoms with Crippen LogP contribution in [0.4, 0.5) is 4.39 Å². The highest BCUT2D eigenvalue weighted by Gasteiger charge is 2.02. The predicted molar refractivity (Wildman–Crippen MR) is 63.4 cm³/mol. The third kappa shape index (κ3) is 2.66. The Labute approximate surface area is 99.2 Å². The van der Waals surface area contributed by atoms with Crippen LogP contribution in [0.5, 0.6) is 5.75 Å². The van der Waals surface area contributed by atoms with Gasteiger partial charge >= 0.3 is 0 Å². The Hall–Kier alpha value is -0.680. The Morgan fingerprint density at radius 1 is 1.47 bits per heavy atom. The number of fused-ring (bicyclic) bond motifs is 1. The SMILES string of the molecule is FCCCOc1ccc2nc(Br)sc2c1. The highest BCUT2D eigenvalue weighted by Crippen LogP contribution is 2.29. The van der Waals surface area contributed by atoms with Crippen molar-refractivity contribution in [2.45, 2.75) is 6.42 Å². The van der Waals surface area contributed by atoms with Crippen molar-refractivity contribution >= 4 is 37.5 Å². The number of thiazole rings is 1. The number of hydrogen-bond donors (Lipinski definition) is 0. The second kappa shape index (κ2) is 4.90. The van der Waals surface area contributed by atoms with Gasteiger partial charge in [-0.2, -0.15) is 0 Å². The van der Waals surface area contributed by atoms with Gasteiger partial charge in [0.15, 0.2) is 3.92 Å². The molecular weight excluding hydrogens is 281 g/mol. The van der Waals surface area contributed by atoms with Gasteiger partial charge in [0, 0.05) is 6.42 Å². The second-order valence-corrected chi connectivity index (χ2v) is 5.29. The molecule has 2 aromatic rings. The fourth-order valence-electron chi connectivity index (χ4n) is 1.21. The molecule has 0 bridgehead atoms. The molecule has 0 atom stereocenters. The number of alkyl halides is 1. The van der Waals surface area contributed by atoms with Gasteiger partial charge in [0.2, 0.25) is 0 Å². The Balaban J connectivity index is 2.15. The number of aromatic nitrogens is 1. The van der Waals surface area contributed by atoms with Crippen LogP contribution in [0.2, 0.25) is 0 Å². The van der Waals surface area contributed by atoms with Gasteiger partial charge in [-0.25, -0.2) is 4.98 Å². The first-order valence-corrected chi connectivity index (χ1v) is 6.15. The van der Waals surface area contributed by atoms with Crippen molar-refractivity contribution < 1.29 is 9.13 Å². The number of benzene rings is 1. The monoisotopic (exact) mass is 289 g/mol. The molecule has 0 aliphatic carbocycles. The molecule has 2 rings (SSSR count). The average molecular weight is 290 g/mol. The molecule has 0 amide bonds. The quantitative estimate of drug-likeness (QED) is 0.799. The summed E-state index contributed by atoms with van der Waals surface area (Å²) in [6.07, 6.45) is 0.435.